The van der Waals surface area contributed by atoms with E-state index >= 15 is 0 Å². The van der Waals surface area contributed by atoms with Crippen molar-refractivity contribution in [1.29, 1.82) is 0 Å². The van der Waals surface area contributed by atoms with Crippen molar-refractivity contribution < 1.29 is 4.74 Å². The summed E-state index contributed by atoms with van der Waals surface area (Å²) in [5, 5.41) is 6.61. The molecule has 2 heterocycles. The van der Waals surface area contributed by atoms with Crippen LogP contribution < -0.4 is 15.5 Å². The predicted octanol–water partition coefficient (Wildman–Crippen LogP) is 1.35. The van der Waals surface area contributed by atoms with Gasteiger partial charge >= 0.3 is 0 Å². The van der Waals surface area contributed by atoms with E-state index in [0.29, 0.717) is 17.9 Å². The smallest absolute Gasteiger partial charge is 0.232 e. The molecule has 1 aromatic heterocycles. The van der Waals surface area contributed by atoms with Crippen molar-refractivity contribution >= 4 is 17.8 Å². The fourth-order valence-electron chi connectivity index (χ4n) is 2.49. The number of hydrogen-bond donors (Lipinski definition) is 2. The SMILES string of the molecule is CCNc1nc(NC(C)C2CC2)nc(N2CCOCC2)n1. The largest absolute Gasteiger partial charge is 0.378 e. The van der Waals surface area contributed by atoms with E-state index in [2.05, 4.69) is 37.4 Å². The molecule has 21 heavy (non-hydrogen) atoms. The third-order valence-electron chi connectivity index (χ3n) is 3.94. The van der Waals surface area contributed by atoms with Crippen molar-refractivity contribution in [2.75, 3.05) is 48.4 Å². The first-order valence-corrected chi connectivity index (χ1v) is 7.85. The second kappa shape index (κ2) is 6.43. The molecule has 1 unspecified atom stereocenters. The van der Waals surface area contributed by atoms with Crippen molar-refractivity contribution in [1.82, 2.24) is 15.0 Å². The van der Waals surface area contributed by atoms with Crippen LogP contribution in [-0.4, -0.2) is 53.8 Å². The highest BCUT2D eigenvalue weighted by atomic mass is 16.5. The highest BCUT2D eigenvalue weighted by molar-refractivity contribution is 5.44. The minimum Gasteiger partial charge on any atom is -0.378 e. The molecule has 1 saturated carbocycles. The number of anilines is 3. The Morgan fingerprint density at radius 3 is 2.57 bits per heavy atom. The van der Waals surface area contributed by atoms with Gasteiger partial charge in [0.15, 0.2) is 0 Å². The lowest BCUT2D eigenvalue weighted by atomic mass is 10.2. The Hall–Kier alpha value is -1.63. The van der Waals surface area contributed by atoms with E-state index in [1.54, 1.807) is 0 Å². The third-order valence-corrected chi connectivity index (χ3v) is 3.94. The second-order valence-electron chi connectivity index (χ2n) is 5.68. The van der Waals surface area contributed by atoms with E-state index in [4.69, 9.17) is 4.74 Å². The number of rotatable bonds is 6. The molecule has 3 rings (SSSR count). The molecule has 0 amide bonds. The molecule has 2 aliphatic rings. The first-order valence-electron chi connectivity index (χ1n) is 7.85. The van der Waals surface area contributed by atoms with E-state index in [1.165, 1.54) is 12.8 Å². The molecule has 0 spiro atoms. The fourth-order valence-corrected chi connectivity index (χ4v) is 2.49. The summed E-state index contributed by atoms with van der Waals surface area (Å²) < 4.78 is 5.39. The van der Waals surface area contributed by atoms with Crippen LogP contribution in [0.2, 0.25) is 0 Å². The first-order chi connectivity index (χ1) is 10.3. The van der Waals surface area contributed by atoms with Gasteiger partial charge in [-0.05, 0) is 32.6 Å². The normalized spacial score (nSPS) is 20.2. The molecule has 1 aliphatic carbocycles. The van der Waals surface area contributed by atoms with Gasteiger partial charge in [-0.1, -0.05) is 0 Å². The molecule has 0 bridgehead atoms. The fraction of sp³-hybridized carbons (Fsp3) is 0.786. The highest BCUT2D eigenvalue weighted by Crippen LogP contribution is 2.33. The molecule has 1 saturated heterocycles. The molecule has 7 heteroatoms. The van der Waals surface area contributed by atoms with Gasteiger partial charge in [0.25, 0.3) is 0 Å². The summed E-state index contributed by atoms with van der Waals surface area (Å²) in [4.78, 5) is 15.7. The zero-order valence-corrected chi connectivity index (χ0v) is 12.8. The average molecular weight is 292 g/mol. The Bertz CT molecular complexity index is 473. The standard InChI is InChI=1S/C14H24N6O/c1-3-15-12-17-13(16-10(2)11-4-5-11)19-14(18-12)20-6-8-21-9-7-20/h10-11H,3-9H2,1-2H3,(H2,15,16,17,18,19). The van der Waals surface area contributed by atoms with Crippen LogP contribution in [-0.2, 0) is 4.74 Å². The van der Waals surface area contributed by atoms with Crippen molar-refractivity contribution in [2.24, 2.45) is 5.92 Å². The second-order valence-corrected chi connectivity index (χ2v) is 5.68. The molecule has 2 N–H and O–H groups in total. The summed E-state index contributed by atoms with van der Waals surface area (Å²) in [6.45, 7) is 8.14. The Balaban J connectivity index is 1.78. The summed E-state index contributed by atoms with van der Waals surface area (Å²) in [6.07, 6.45) is 2.60. The number of aromatic nitrogens is 3. The predicted molar refractivity (Wildman–Crippen MR) is 82.8 cm³/mol. The minimum absolute atomic E-state index is 0.416. The van der Waals surface area contributed by atoms with Crippen LogP contribution in [0, 0.1) is 5.92 Å². The molecule has 1 atom stereocenters. The van der Waals surface area contributed by atoms with Crippen molar-refractivity contribution in [3.05, 3.63) is 0 Å². The lowest BCUT2D eigenvalue weighted by molar-refractivity contribution is 0.122. The van der Waals surface area contributed by atoms with Gasteiger partial charge in [-0.2, -0.15) is 15.0 Å². The molecular weight excluding hydrogens is 268 g/mol. The third kappa shape index (κ3) is 3.72. The quantitative estimate of drug-likeness (QED) is 0.819. The molecular formula is C14H24N6O. The summed E-state index contributed by atoms with van der Waals surface area (Å²) in [5.74, 6) is 2.80. The molecule has 7 nitrogen and oxygen atoms in total. The molecule has 2 fully saturated rings. The van der Waals surface area contributed by atoms with Gasteiger partial charge in [0.2, 0.25) is 17.8 Å². The zero-order valence-electron chi connectivity index (χ0n) is 12.8. The number of ether oxygens (including phenoxy) is 1. The van der Waals surface area contributed by atoms with Crippen molar-refractivity contribution in [2.45, 2.75) is 32.7 Å². The lowest BCUT2D eigenvalue weighted by Crippen LogP contribution is -2.37. The summed E-state index contributed by atoms with van der Waals surface area (Å²) in [5.41, 5.74) is 0. The van der Waals surface area contributed by atoms with Crippen molar-refractivity contribution in [3.8, 4) is 0 Å². The molecule has 0 radical (unpaired) electrons. The maximum Gasteiger partial charge on any atom is 0.232 e. The Labute approximate surface area is 125 Å². The highest BCUT2D eigenvalue weighted by Gasteiger charge is 2.28. The van der Waals surface area contributed by atoms with E-state index in [0.717, 1.165) is 44.7 Å². The molecule has 1 aliphatic heterocycles. The molecule has 116 valence electrons. The van der Waals surface area contributed by atoms with E-state index < -0.39 is 0 Å². The van der Waals surface area contributed by atoms with Gasteiger partial charge < -0.3 is 20.3 Å². The topological polar surface area (TPSA) is 75.2 Å². The van der Waals surface area contributed by atoms with Gasteiger partial charge in [0.1, 0.15) is 0 Å². The number of nitrogens with one attached hydrogen (secondary N) is 2. The number of morpholine rings is 1. The minimum atomic E-state index is 0.416. The van der Waals surface area contributed by atoms with Crippen LogP contribution in [0.3, 0.4) is 0 Å². The Morgan fingerprint density at radius 2 is 1.90 bits per heavy atom. The van der Waals surface area contributed by atoms with Gasteiger partial charge in [-0.15, -0.1) is 0 Å². The number of hydrogen-bond acceptors (Lipinski definition) is 7. The Morgan fingerprint density at radius 1 is 1.19 bits per heavy atom. The van der Waals surface area contributed by atoms with E-state index in [9.17, 15) is 0 Å². The van der Waals surface area contributed by atoms with Gasteiger partial charge in [0.05, 0.1) is 13.2 Å². The van der Waals surface area contributed by atoms with Gasteiger partial charge in [0, 0.05) is 25.7 Å². The first kappa shape index (κ1) is 14.3. The summed E-state index contributed by atoms with van der Waals surface area (Å²) in [6, 6.07) is 0.416. The lowest BCUT2D eigenvalue weighted by Gasteiger charge is -2.27. The maximum absolute atomic E-state index is 5.39. The van der Waals surface area contributed by atoms with Crippen LogP contribution in [0.5, 0.6) is 0 Å². The summed E-state index contributed by atoms with van der Waals surface area (Å²) >= 11 is 0. The van der Waals surface area contributed by atoms with Crippen LogP contribution in [0.15, 0.2) is 0 Å². The van der Waals surface area contributed by atoms with Crippen LogP contribution in [0.1, 0.15) is 26.7 Å². The molecule has 1 aromatic rings. The van der Waals surface area contributed by atoms with Gasteiger partial charge in [-0.3, -0.25) is 0 Å². The van der Waals surface area contributed by atoms with E-state index in [1.807, 2.05) is 6.92 Å². The van der Waals surface area contributed by atoms with Crippen LogP contribution >= 0.6 is 0 Å². The van der Waals surface area contributed by atoms with E-state index in [-0.39, 0.29) is 0 Å². The number of nitrogens with zero attached hydrogens (tertiary/aromatic N) is 4. The van der Waals surface area contributed by atoms with Gasteiger partial charge in [-0.25, -0.2) is 0 Å². The average Bonchev–Trinajstić information content (AvgIpc) is 3.33. The monoisotopic (exact) mass is 292 g/mol. The Kier molecular flexibility index (Phi) is 4.38. The zero-order chi connectivity index (χ0) is 14.7. The van der Waals surface area contributed by atoms with Crippen LogP contribution in [0.4, 0.5) is 17.8 Å². The van der Waals surface area contributed by atoms with Crippen molar-refractivity contribution in [3.63, 3.8) is 0 Å². The maximum atomic E-state index is 5.39. The molecule has 0 aromatic carbocycles. The summed E-state index contributed by atoms with van der Waals surface area (Å²) in [7, 11) is 0. The van der Waals surface area contributed by atoms with Crippen LogP contribution in [0.25, 0.3) is 0 Å².